The van der Waals surface area contributed by atoms with Crippen LogP contribution in [0.25, 0.3) is 22.1 Å². The molecular formula is C22H23N3O. The molecule has 2 aromatic carbocycles. The van der Waals surface area contributed by atoms with Crippen LogP contribution in [0.2, 0.25) is 0 Å². The highest BCUT2D eigenvalue weighted by molar-refractivity contribution is 5.92. The van der Waals surface area contributed by atoms with Crippen molar-refractivity contribution in [3.8, 4) is 5.75 Å². The first-order chi connectivity index (χ1) is 12.8. The number of para-hydroxylation sites is 2. The Bertz CT molecular complexity index is 1040. The van der Waals surface area contributed by atoms with Crippen molar-refractivity contribution < 1.29 is 5.11 Å². The minimum absolute atomic E-state index is 0.223. The molecular weight excluding hydrogens is 322 g/mol. The SMILES string of the molecule is Oc1cc2c(c3nc4ccccc4nc13)CC1NCCC23CCCCC13. The molecule has 0 spiro atoms. The Kier molecular flexibility index (Phi) is 2.96. The monoisotopic (exact) mass is 345 g/mol. The predicted octanol–water partition coefficient (Wildman–Crippen LogP) is 3.83. The van der Waals surface area contributed by atoms with Gasteiger partial charge in [-0.25, -0.2) is 9.97 Å². The first-order valence-corrected chi connectivity index (χ1v) is 9.91. The van der Waals surface area contributed by atoms with Gasteiger partial charge in [0.25, 0.3) is 0 Å². The van der Waals surface area contributed by atoms with Crippen LogP contribution in [0.5, 0.6) is 5.75 Å². The lowest BCUT2D eigenvalue weighted by Gasteiger charge is -2.56. The van der Waals surface area contributed by atoms with Gasteiger partial charge in [-0.15, -0.1) is 0 Å². The fourth-order valence-electron chi connectivity index (χ4n) is 6.15. The van der Waals surface area contributed by atoms with Crippen LogP contribution >= 0.6 is 0 Å². The molecule has 2 bridgehead atoms. The lowest BCUT2D eigenvalue weighted by atomic mass is 9.52. The van der Waals surface area contributed by atoms with E-state index in [0.29, 0.717) is 23.2 Å². The van der Waals surface area contributed by atoms with Crippen LogP contribution in [0.1, 0.15) is 43.2 Å². The largest absolute Gasteiger partial charge is 0.506 e. The molecule has 3 unspecified atom stereocenters. The van der Waals surface area contributed by atoms with E-state index >= 15 is 0 Å². The summed E-state index contributed by atoms with van der Waals surface area (Å²) >= 11 is 0. The van der Waals surface area contributed by atoms with Gasteiger partial charge in [-0.2, -0.15) is 0 Å². The third-order valence-electron chi connectivity index (χ3n) is 7.23. The second-order valence-corrected chi connectivity index (χ2v) is 8.35. The number of hydrogen-bond acceptors (Lipinski definition) is 4. The summed E-state index contributed by atoms with van der Waals surface area (Å²) in [4.78, 5) is 9.71. The Morgan fingerprint density at radius 2 is 1.85 bits per heavy atom. The van der Waals surface area contributed by atoms with Gasteiger partial charge in [-0.3, -0.25) is 0 Å². The number of aromatic nitrogens is 2. The van der Waals surface area contributed by atoms with Gasteiger partial charge in [0.1, 0.15) is 11.3 Å². The van der Waals surface area contributed by atoms with Crippen molar-refractivity contribution in [3.63, 3.8) is 0 Å². The van der Waals surface area contributed by atoms with E-state index in [4.69, 9.17) is 9.97 Å². The highest BCUT2D eigenvalue weighted by Gasteiger charge is 2.52. The first kappa shape index (κ1) is 14.9. The minimum Gasteiger partial charge on any atom is -0.506 e. The van der Waals surface area contributed by atoms with Crippen molar-refractivity contribution in [3.05, 3.63) is 41.5 Å². The average molecular weight is 345 g/mol. The number of benzene rings is 2. The summed E-state index contributed by atoms with van der Waals surface area (Å²) in [5, 5.41) is 14.6. The van der Waals surface area contributed by atoms with E-state index in [1.54, 1.807) is 0 Å². The number of rotatable bonds is 0. The maximum atomic E-state index is 10.9. The van der Waals surface area contributed by atoms with E-state index < -0.39 is 0 Å². The molecule has 132 valence electrons. The molecule has 3 atom stereocenters. The molecule has 26 heavy (non-hydrogen) atoms. The van der Waals surface area contributed by atoms with Gasteiger partial charge >= 0.3 is 0 Å². The van der Waals surface area contributed by atoms with Crippen molar-refractivity contribution in [2.24, 2.45) is 5.92 Å². The highest BCUT2D eigenvalue weighted by Crippen LogP contribution is 2.55. The van der Waals surface area contributed by atoms with E-state index in [2.05, 4.69) is 5.32 Å². The molecule has 3 aromatic rings. The van der Waals surface area contributed by atoms with Crippen molar-refractivity contribution >= 4 is 22.1 Å². The summed E-state index contributed by atoms with van der Waals surface area (Å²) in [5.41, 5.74) is 6.25. The lowest BCUT2D eigenvalue weighted by Crippen LogP contribution is -2.59. The zero-order chi connectivity index (χ0) is 17.3. The highest BCUT2D eigenvalue weighted by atomic mass is 16.3. The van der Waals surface area contributed by atoms with Crippen LogP contribution in [0, 0.1) is 5.92 Å². The average Bonchev–Trinajstić information content (AvgIpc) is 2.68. The number of piperidine rings is 1. The molecule has 2 heterocycles. The Labute approximate surface area is 152 Å². The summed E-state index contributed by atoms with van der Waals surface area (Å²) in [6.45, 7) is 1.09. The summed E-state index contributed by atoms with van der Waals surface area (Å²) in [6.07, 6.45) is 7.36. The fraction of sp³-hybridized carbons (Fsp3) is 0.455. The summed E-state index contributed by atoms with van der Waals surface area (Å²) in [7, 11) is 0. The molecule has 1 saturated heterocycles. The third kappa shape index (κ3) is 1.83. The topological polar surface area (TPSA) is 58.0 Å². The predicted molar refractivity (Wildman–Crippen MR) is 102 cm³/mol. The third-order valence-corrected chi connectivity index (χ3v) is 7.23. The molecule has 1 saturated carbocycles. The second-order valence-electron chi connectivity index (χ2n) is 8.35. The smallest absolute Gasteiger partial charge is 0.143 e. The van der Waals surface area contributed by atoms with Crippen LogP contribution in [0.15, 0.2) is 30.3 Å². The molecule has 0 radical (unpaired) electrons. The van der Waals surface area contributed by atoms with Gasteiger partial charge < -0.3 is 10.4 Å². The minimum atomic E-state index is 0.223. The maximum absolute atomic E-state index is 10.9. The first-order valence-electron chi connectivity index (χ1n) is 9.91. The normalized spacial score (nSPS) is 30.2. The molecule has 2 N–H and O–H groups in total. The fourth-order valence-corrected chi connectivity index (χ4v) is 6.15. The molecule has 4 heteroatoms. The van der Waals surface area contributed by atoms with Crippen LogP contribution in [0.3, 0.4) is 0 Å². The van der Waals surface area contributed by atoms with Gasteiger partial charge in [-0.1, -0.05) is 25.0 Å². The summed E-state index contributed by atoms with van der Waals surface area (Å²) < 4.78 is 0. The van der Waals surface area contributed by atoms with Gasteiger partial charge in [0.2, 0.25) is 0 Å². The van der Waals surface area contributed by atoms with Crippen molar-refractivity contribution in [1.29, 1.82) is 0 Å². The molecule has 0 amide bonds. The number of hydrogen-bond donors (Lipinski definition) is 2. The van der Waals surface area contributed by atoms with Gasteiger partial charge in [-0.05, 0) is 67.5 Å². The summed E-state index contributed by atoms with van der Waals surface area (Å²) in [6, 6.07) is 10.5. The van der Waals surface area contributed by atoms with E-state index in [0.717, 1.165) is 29.5 Å². The number of phenolic OH excluding ortho intramolecular Hbond substituents is 1. The molecule has 4 nitrogen and oxygen atoms in total. The van der Waals surface area contributed by atoms with E-state index in [1.165, 1.54) is 43.2 Å². The standard InChI is InChI=1S/C22H23N3O/c26-19-12-15-13(20-21(19)25-17-7-2-1-6-16(17)24-20)11-18-14-5-3-4-8-22(14,15)9-10-23-18/h1-2,6-7,12,14,18,23,26H,3-5,8-11H2. The van der Waals surface area contributed by atoms with Crippen molar-refractivity contribution in [2.75, 3.05) is 6.54 Å². The van der Waals surface area contributed by atoms with Crippen LogP contribution in [0.4, 0.5) is 0 Å². The number of nitrogens with one attached hydrogen (secondary N) is 1. The Morgan fingerprint density at radius 1 is 1.04 bits per heavy atom. The zero-order valence-corrected chi connectivity index (χ0v) is 14.8. The van der Waals surface area contributed by atoms with Crippen molar-refractivity contribution in [2.45, 2.75) is 50.0 Å². The number of nitrogens with zero attached hydrogens (tertiary/aromatic N) is 2. The lowest BCUT2D eigenvalue weighted by molar-refractivity contribution is 0.0800. The van der Waals surface area contributed by atoms with E-state index in [9.17, 15) is 5.11 Å². The molecule has 3 aliphatic rings. The molecule has 1 aliphatic heterocycles. The van der Waals surface area contributed by atoms with E-state index in [-0.39, 0.29) is 5.41 Å². The van der Waals surface area contributed by atoms with Gasteiger partial charge in [0, 0.05) is 11.5 Å². The molecule has 1 aromatic heterocycles. The van der Waals surface area contributed by atoms with Crippen LogP contribution in [-0.4, -0.2) is 27.7 Å². The second kappa shape index (κ2) is 5.17. The Balaban J connectivity index is 1.69. The number of aromatic hydroxyl groups is 1. The molecule has 6 rings (SSSR count). The van der Waals surface area contributed by atoms with Crippen molar-refractivity contribution in [1.82, 2.24) is 15.3 Å². The van der Waals surface area contributed by atoms with Crippen LogP contribution in [-0.2, 0) is 11.8 Å². The Hall–Kier alpha value is -2.20. The van der Waals surface area contributed by atoms with Gasteiger partial charge in [0.15, 0.2) is 0 Å². The molecule has 2 aliphatic carbocycles. The van der Waals surface area contributed by atoms with E-state index in [1.807, 2.05) is 30.3 Å². The number of phenols is 1. The number of fused-ring (bicyclic) bond motifs is 4. The summed E-state index contributed by atoms with van der Waals surface area (Å²) in [5.74, 6) is 0.996. The molecule has 2 fully saturated rings. The van der Waals surface area contributed by atoms with Gasteiger partial charge in [0.05, 0.1) is 16.6 Å². The zero-order valence-electron chi connectivity index (χ0n) is 14.8. The maximum Gasteiger partial charge on any atom is 0.143 e. The Morgan fingerprint density at radius 3 is 2.69 bits per heavy atom. The quantitative estimate of drug-likeness (QED) is 0.608. The van der Waals surface area contributed by atoms with Crippen LogP contribution < -0.4 is 5.32 Å².